The van der Waals surface area contributed by atoms with E-state index in [1.807, 2.05) is 6.07 Å². The lowest BCUT2D eigenvalue weighted by molar-refractivity contribution is 0.266. The standard InChI is InChI=1S/C20H24N4O/c1-15-4-2-10-24(15)11-7-18-13-17-12-16(5-6-19(17)25-18)14-23-20-21-8-3-9-22-20/h3,5-6,8-9,12-13,15H,2,4,7,10-11,14H2,1H3,(H,21,22,23). The van der Waals surface area contributed by atoms with E-state index in [0.717, 1.165) is 29.7 Å². The van der Waals surface area contributed by atoms with E-state index in [9.17, 15) is 0 Å². The maximum Gasteiger partial charge on any atom is 0.222 e. The lowest BCUT2D eigenvalue weighted by Gasteiger charge is -2.19. The van der Waals surface area contributed by atoms with Crippen molar-refractivity contribution in [3.63, 3.8) is 0 Å². The van der Waals surface area contributed by atoms with Crippen molar-refractivity contribution in [2.75, 3.05) is 18.4 Å². The van der Waals surface area contributed by atoms with Gasteiger partial charge in [-0.05, 0) is 56.1 Å². The molecule has 5 nitrogen and oxygen atoms in total. The topological polar surface area (TPSA) is 54.2 Å². The normalized spacial score (nSPS) is 18.0. The van der Waals surface area contributed by atoms with E-state index in [4.69, 9.17) is 4.42 Å². The van der Waals surface area contributed by atoms with Gasteiger partial charge in [0.15, 0.2) is 0 Å². The Morgan fingerprint density at radius 2 is 2.12 bits per heavy atom. The summed E-state index contributed by atoms with van der Waals surface area (Å²) in [6.45, 7) is 5.33. The predicted octanol–water partition coefficient (Wildman–Crippen LogP) is 3.86. The van der Waals surface area contributed by atoms with Gasteiger partial charge in [-0.25, -0.2) is 9.97 Å². The second-order valence-electron chi connectivity index (χ2n) is 6.79. The first-order chi connectivity index (χ1) is 12.3. The Kier molecular flexibility index (Phi) is 4.65. The first-order valence-corrected chi connectivity index (χ1v) is 9.04. The van der Waals surface area contributed by atoms with Crippen LogP contribution in [0, 0.1) is 0 Å². The summed E-state index contributed by atoms with van der Waals surface area (Å²) >= 11 is 0. The van der Waals surface area contributed by atoms with E-state index in [1.54, 1.807) is 12.4 Å². The summed E-state index contributed by atoms with van der Waals surface area (Å²) in [5, 5.41) is 4.40. The van der Waals surface area contributed by atoms with Gasteiger partial charge in [-0.3, -0.25) is 0 Å². The largest absolute Gasteiger partial charge is 0.461 e. The van der Waals surface area contributed by atoms with Gasteiger partial charge < -0.3 is 14.6 Å². The highest BCUT2D eigenvalue weighted by atomic mass is 16.3. The summed E-state index contributed by atoms with van der Waals surface area (Å²) in [4.78, 5) is 10.9. The smallest absolute Gasteiger partial charge is 0.222 e. The third kappa shape index (κ3) is 3.82. The minimum absolute atomic E-state index is 0.648. The third-order valence-corrected chi connectivity index (χ3v) is 4.98. The number of benzene rings is 1. The zero-order chi connectivity index (χ0) is 17.1. The van der Waals surface area contributed by atoms with Gasteiger partial charge in [0.1, 0.15) is 11.3 Å². The van der Waals surface area contributed by atoms with Crippen molar-refractivity contribution >= 4 is 16.9 Å². The molecule has 0 spiro atoms. The molecule has 1 atom stereocenters. The fraction of sp³-hybridized carbons (Fsp3) is 0.400. The molecule has 130 valence electrons. The van der Waals surface area contributed by atoms with E-state index in [-0.39, 0.29) is 0 Å². The number of anilines is 1. The van der Waals surface area contributed by atoms with Crippen molar-refractivity contribution in [2.24, 2.45) is 0 Å². The van der Waals surface area contributed by atoms with Gasteiger partial charge in [-0.1, -0.05) is 6.07 Å². The first-order valence-electron chi connectivity index (χ1n) is 9.04. The lowest BCUT2D eigenvalue weighted by atomic mass is 10.1. The van der Waals surface area contributed by atoms with Crippen LogP contribution in [-0.2, 0) is 13.0 Å². The molecule has 0 amide bonds. The van der Waals surface area contributed by atoms with Gasteiger partial charge in [-0.2, -0.15) is 0 Å². The molecule has 1 fully saturated rings. The summed E-state index contributed by atoms with van der Waals surface area (Å²) in [7, 11) is 0. The fourth-order valence-corrected chi connectivity index (χ4v) is 3.53. The van der Waals surface area contributed by atoms with Crippen LogP contribution in [0.4, 0.5) is 5.95 Å². The van der Waals surface area contributed by atoms with Crippen LogP contribution in [0.25, 0.3) is 11.0 Å². The van der Waals surface area contributed by atoms with Crippen molar-refractivity contribution in [1.29, 1.82) is 0 Å². The number of hydrogen-bond acceptors (Lipinski definition) is 5. The highest BCUT2D eigenvalue weighted by Gasteiger charge is 2.20. The molecule has 4 rings (SSSR count). The highest BCUT2D eigenvalue weighted by Crippen LogP contribution is 2.23. The molecular weight excluding hydrogens is 312 g/mol. The molecule has 1 N–H and O–H groups in total. The van der Waals surface area contributed by atoms with Crippen molar-refractivity contribution < 1.29 is 4.42 Å². The molecule has 3 aromatic rings. The molecule has 5 heteroatoms. The van der Waals surface area contributed by atoms with E-state index in [2.05, 4.69) is 51.4 Å². The van der Waals surface area contributed by atoms with E-state index in [0.29, 0.717) is 18.5 Å². The summed E-state index contributed by atoms with van der Waals surface area (Å²) in [6, 6.07) is 11.0. The van der Waals surface area contributed by atoms with Crippen molar-refractivity contribution in [1.82, 2.24) is 14.9 Å². The monoisotopic (exact) mass is 336 g/mol. The molecule has 1 saturated heterocycles. The van der Waals surface area contributed by atoms with Crippen LogP contribution in [0.3, 0.4) is 0 Å². The second kappa shape index (κ2) is 7.23. The number of rotatable bonds is 6. The number of fused-ring (bicyclic) bond motifs is 1. The molecule has 1 aliphatic rings. The van der Waals surface area contributed by atoms with Gasteiger partial charge in [0, 0.05) is 43.3 Å². The molecule has 0 aliphatic carbocycles. The molecule has 25 heavy (non-hydrogen) atoms. The average Bonchev–Trinajstić information content (AvgIpc) is 3.24. The number of nitrogens with one attached hydrogen (secondary N) is 1. The maximum absolute atomic E-state index is 6.01. The Balaban J connectivity index is 1.40. The molecular formula is C20H24N4O. The van der Waals surface area contributed by atoms with Gasteiger partial charge >= 0.3 is 0 Å². The Labute approximate surface area is 148 Å². The number of aromatic nitrogens is 2. The van der Waals surface area contributed by atoms with Crippen LogP contribution in [0.2, 0.25) is 0 Å². The summed E-state index contributed by atoms with van der Waals surface area (Å²) in [5.74, 6) is 1.72. The molecule has 1 aromatic carbocycles. The summed E-state index contributed by atoms with van der Waals surface area (Å²) < 4.78 is 6.01. The van der Waals surface area contributed by atoms with Crippen LogP contribution in [0.1, 0.15) is 31.1 Å². The van der Waals surface area contributed by atoms with Crippen LogP contribution in [0.5, 0.6) is 0 Å². The van der Waals surface area contributed by atoms with Gasteiger partial charge in [0.05, 0.1) is 0 Å². The zero-order valence-corrected chi connectivity index (χ0v) is 14.6. The molecule has 0 radical (unpaired) electrons. The SMILES string of the molecule is CC1CCCN1CCc1cc2cc(CNc3ncccn3)ccc2o1. The summed E-state index contributed by atoms with van der Waals surface area (Å²) in [5.41, 5.74) is 2.16. The Morgan fingerprint density at radius 1 is 1.24 bits per heavy atom. The van der Waals surface area contributed by atoms with Gasteiger partial charge in [0.2, 0.25) is 5.95 Å². The number of hydrogen-bond donors (Lipinski definition) is 1. The Morgan fingerprint density at radius 3 is 2.92 bits per heavy atom. The summed E-state index contributed by atoms with van der Waals surface area (Å²) in [6.07, 6.45) is 7.10. The van der Waals surface area contributed by atoms with Crippen LogP contribution in [0.15, 0.2) is 47.1 Å². The lowest BCUT2D eigenvalue weighted by Crippen LogP contribution is -2.28. The average molecular weight is 336 g/mol. The zero-order valence-electron chi connectivity index (χ0n) is 14.6. The van der Waals surface area contributed by atoms with Crippen molar-refractivity contribution in [2.45, 2.75) is 38.8 Å². The number of nitrogens with zero attached hydrogens (tertiary/aromatic N) is 3. The Hall–Kier alpha value is -2.40. The quantitative estimate of drug-likeness (QED) is 0.741. The van der Waals surface area contributed by atoms with Gasteiger partial charge in [-0.15, -0.1) is 0 Å². The predicted molar refractivity (Wildman–Crippen MR) is 99.5 cm³/mol. The minimum atomic E-state index is 0.648. The fourth-order valence-electron chi connectivity index (χ4n) is 3.53. The molecule has 1 aliphatic heterocycles. The second-order valence-corrected chi connectivity index (χ2v) is 6.79. The van der Waals surface area contributed by atoms with E-state index < -0.39 is 0 Å². The van der Waals surface area contributed by atoms with E-state index >= 15 is 0 Å². The van der Waals surface area contributed by atoms with Gasteiger partial charge in [0.25, 0.3) is 0 Å². The van der Waals surface area contributed by atoms with Crippen LogP contribution in [-0.4, -0.2) is 34.0 Å². The molecule has 3 heterocycles. The number of likely N-dealkylation sites (tertiary alicyclic amines) is 1. The molecule has 0 saturated carbocycles. The maximum atomic E-state index is 6.01. The van der Waals surface area contributed by atoms with Crippen molar-refractivity contribution in [3.05, 3.63) is 54.0 Å². The molecule has 0 bridgehead atoms. The van der Waals surface area contributed by atoms with Crippen molar-refractivity contribution in [3.8, 4) is 0 Å². The first kappa shape index (κ1) is 16.1. The minimum Gasteiger partial charge on any atom is -0.461 e. The number of furan rings is 1. The van der Waals surface area contributed by atoms with Crippen LogP contribution >= 0.6 is 0 Å². The molecule has 1 unspecified atom stereocenters. The highest BCUT2D eigenvalue weighted by molar-refractivity contribution is 5.78. The Bertz CT molecular complexity index is 830. The van der Waals surface area contributed by atoms with Crippen LogP contribution < -0.4 is 5.32 Å². The molecule has 2 aromatic heterocycles. The van der Waals surface area contributed by atoms with E-state index in [1.165, 1.54) is 24.9 Å². The third-order valence-electron chi connectivity index (χ3n) is 4.98.